The van der Waals surface area contributed by atoms with Crippen LogP contribution >= 0.6 is 0 Å². The largest absolute Gasteiger partial charge is 0.454 e. The Labute approximate surface area is 199 Å². The van der Waals surface area contributed by atoms with Crippen LogP contribution in [0, 0.1) is 0 Å². The van der Waals surface area contributed by atoms with Gasteiger partial charge >= 0.3 is 0 Å². The molecule has 0 aliphatic carbocycles. The Balaban J connectivity index is 1.30. The zero-order valence-electron chi connectivity index (χ0n) is 19.2. The summed E-state index contributed by atoms with van der Waals surface area (Å²) in [5.41, 5.74) is 1.74. The van der Waals surface area contributed by atoms with Crippen molar-refractivity contribution in [2.75, 3.05) is 19.9 Å². The number of nitrogens with zero attached hydrogens (tertiary/aromatic N) is 2. The Morgan fingerprint density at radius 2 is 1.76 bits per heavy atom. The molecular weight excluding hydrogens is 454 g/mol. The van der Waals surface area contributed by atoms with Crippen LogP contribution in [0.5, 0.6) is 11.5 Å². The molecule has 2 aromatic carbocycles. The molecule has 3 heterocycles. The van der Waals surface area contributed by atoms with Gasteiger partial charge in [-0.3, -0.25) is 4.79 Å². The molecule has 0 radical (unpaired) electrons. The summed E-state index contributed by atoms with van der Waals surface area (Å²) in [6.45, 7) is 3.56. The lowest BCUT2D eigenvalue weighted by Gasteiger charge is -2.20. The predicted octanol–water partition coefficient (Wildman–Crippen LogP) is 3.81. The van der Waals surface area contributed by atoms with Crippen LogP contribution in [0.3, 0.4) is 0 Å². The zero-order chi connectivity index (χ0) is 23.7. The van der Waals surface area contributed by atoms with Gasteiger partial charge in [-0.25, -0.2) is 8.42 Å². The smallest absolute Gasteiger partial charge is 0.243 e. The highest BCUT2D eigenvalue weighted by Crippen LogP contribution is 2.32. The number of carbonyl (C=O) groups is 1. The number of hydrogen-bond acceptors (Lipinski definition) is 5. The summed E-state index contributed by atoms with van der Waals surface area (Å²) in [5, 5.41) is 3.77. The Bertz CT molecular complexity index is 1310. The number of hydrogen-bond donors (Lipinski definition) is 1. The highest BCUT2D eigenvalue weighted by molar-refractivity contribution is 7.89. The highest BCUT2D eigenvalue weighted by Gasteiger charge is 2.26. The quantitative estimate of drug-likeness (QED) is 0.576. The molecule has 2 aliphatic heterocycles. The number of ether oxygens (including phenoxy) is 2. The standard InChI is InChI=1S/C25H29N3O5S/c1-18(25(29)26-16-19-6-9-23-24(14-19)33-17-32-23)28-13-10-20-15-21(7-8-22(20)28)34(30,31)27-11-4-2-3-5-12-27/h6-10,13-15,18H,2-5,11-12,16-17H2,1H3,(H,26,29)/t18-/m0/s1. The summed E-state index contributed by atoms with van der Waals surface area (Å²) in [5.74, 6) is 1.26. The first-order chi connectivity index (χ1) is 16.4. The van der Waals surface area contributed by atoms with Crippen molar-refractivity contribution in [2.24, 2.45) is 0 Å². The first kappa shape index (κ1) is 22.7. The Hall–Kier alpha value is -3.04. The van der Waals surface area contributed by atoms with E-state index in [-0.39, 0.29) is 12.7 Å². The van der Waals surface area contributed by atoms with Crippen LogP contribution < -0.4 is 14.8 Å². The van der Waals surface area contributed by atoms with Gasteiger partial charge in [0.1, 0.15) is 6.04 Å². The first-order valence-electron chi connectivity index (χ1n) is 11.7. The Morgan fingerprint density at radius 1 is 1.00 bits per heavy atom. The van der Waals surface area contributed by atoms with Gasteiger partial charge in [-0.05, 0) is 61.7 Å². The van der Waals surface area contributed by atoms with Gasteiger partial charge < -0.3 is 19.4 Å². The van der Waals surface area contributed by atoms with E-state index in [9.17, 15) is 13.2 Å². The number of carbonyl (C=O) groups excluding carboxylic acids is 1. The van der Waals surface area contributed by atoms with Crippen LogP contribution in [0.4, 0.5) is 0 Å². The summed E-state index contributed by atoms with van der Waals surface area (Å²) in [6, 6.07) is 12.2. The zero-order valence-corrected chi connectivity index (χ0v) is 20.0. The van der Waals surface area contributed by atoms with Gasteiger partial charge in [0.05, 0.1) is 4.90 Å². The van der Waals surface area contributed by atoms with Crippen molar-refractivity contribution in [3.63, 3.8) is 0 Å². The maximum atomic E-state index is 13.2. The van der Waals surface area contributed by atoms with E-state index in [0.717, 1.165) is 42.1 Å². The van der Waals surface area contributed by atoms with E-state index in [4.69, 9.17) is 9.47 Å². The highest BCUT2D eigenvalue weighted by atomic mass is 32.2. The Morgan fingerprint density at radius 3 is 2.56 bits per heavy atom. The molecule has 0 bridgehead atoms. The molecular formula is C25H29N3O5S. The molecule has 1 fully saturated rings. The van der Waals surface area contributed by atoms with E-state index in [1.165, 1.54) is 0 Å². The average Bonchev–Trinajstić information content (AvgIpc) is 3.39. The number of fused-ring (bicyclic) bond motifs is 2. The molecule has 2 aliphatic rings. The van der Waals surface area contributed by atoms with E-state index in [2.05, 4.69) is 5.32 Å². The van der Waals surface area contributed by atoms with E-state index in [0.29, 0.717) is 36.0 Å². The van der Waals surface area contributed by atoms with Crippen molar-refractivity contribution in [3.05, 3.63) is 54.2 Å². The van der Waals surface area contributed by atoms with Crippen LogP contribution in [-0.2, 0) is 21.4 Å². The number of rotatable bonds is 6. The SMILES string of the molecule is C[C@@H](C(=O)NCc1ccc2c(c1)OCO2)n1ccc2cc(S(=O)(=O)N3CCCCCC3)ccc21. The van der Waals surface area contributed by atoms with Crippen molar-refractivity contribution >= 4 is 26.8 Å². The topological polar surface area (TPSA) is 89.9 Å². The lowest BCUT2D eigenvalue weighted by atomic mass is 10.2. The molecule has 1 atom stereocenters. The number of benzene rings is 2. The summed E-state index contributed by atoms with van der Waals surface area (Å²) in [4.78, 5) is 13.2. The van der Waals surface area contributed by atoms with Crippen molar-refractivity contribution in [3.8, 4) is 11.5 Å². The van der Waals surface area contributed by atoms with Crippen LogP contribution in [0.25, 0.3) is 10.9 Å². The lowest BCUT2D eigenvalue weighted by molar-refractivity contribution is -0.123. The van der Waals surface area contributed by atoms with Gasteiger partial charge in [0.15, 0.2) is 11.5 Å². The summed E-state index contributed by atoms with van der Waals surface area (Å²) >= 11 is 0. The maximum Gasteiger partial charge on any atom is 0.243 e. The van der Waals surface area contributed by atoms with Crippen molar-refractivity contribution in [2.45, 2.75) is 50.1 Å². The molecule has 9 heteroatoms. The van der Waals surface area contributed by atoms with Gasteiger partial charge in [-0.2, -0.15) is 4.31 Å². The number of aromatic nitrogens is 1. The van der Waals surface area contributed by atoms with E-state index >= 15 is 0 Å². The molecule has 34 heavy (non-hydrogen) atoms. The fraction of sp³-hybridized carbons (Fsp3) is 0.400. The minimum absolute atomic E-state index is 0.128. The predicted molar refractivity (Wildman–Crippen MR) is 128 cm³/mol. The first-order valence-corrected chi connectivity index (χ1v) is 13.1. The van der Waals surface area contributed by atoms with E-state index < -0.39 is 16.1 Å². The molecule has 0 unspecified atom stereocenters. The molecule has 1 saturated heterocycles. The molecule has 0 spiro atoms. The molecule has 8 nitrogen and oxygen atoms in total. The van der Waals surface area contributed by atoms with Crippen molar-refractivity contribution in [1.82, 2.24) is 14.2 Å². The fourth-order valence-electron chi connectivity index (χ4n) is 4.59. The average molecular weight is 484 g/mol. The van der Waals surface area contributed by atoms with Crippen LogP contribution in [-0.4, -0.2) is 43.1 Å². The molecule has 3 aromatic rings. The van der Waals surface area contributed by atoms with Gasteiger partial charge in [0.25, 0.3) is 0 Å². The molecule has 5 rings (SSSR count). The van der Waals surface area contributed by atoms with Gasteiger partial charge in [0.2, 0.25) is 22.7 Å². The van der Waals surface area contributed by atoms with Gasteiger partial charge in [0, 0.05) is 36.7 Å². The van der Waals surface area contributed by atoms with Crippen molar-refractivity contribution in [1.29, 1.82) is 0 Å². The number of amides is 1. The second kappa shape index (κ2) is 9.31. The van der Waals surface area contributed by atoms with Crippen LogP contribution in [0.1, 0.15) is 44.2 Å². The summed E-state index contributed by atoms with van der Waals surface area (Å²) in [7, 11) is -3.52. The van der Waals surface area contributed by atoms with Gasteiger partial charge in [-0.15, -0.1) is 0 Å². The third kappa shape index (κ3) is 4.37. The lowest BCUT2D eigenvalue weighted by Crippen LogP contribution is -2.32. The van der Waals surface area contributed by atoms with E-state index in [1.54, 1.807) is 22.5 Å². The Kier molecular flexibility index (Phi) is 6.22. The third-order valence-electron chi connectivity index (χ3n) is 6.60. The maximum absolute atomic E-state index is 13.2. The summed E-state index contributed by atoms with van der Waals surface area (Å²) < 4.78 is 40.5. The molecule has 1 amide bonds. The monoisotopic (exact) mass is 483 g/mol. The molecule has 1 aromatic heterocycles. The normalized spacial score (nSPS) is 17.4. The second-order valence-electron chi connectivity index (χ2n) is 8.84. The fourth-order valence-corrected chi connectivity index (χ4v) is 6.14. The van der Waals surface area contributed by atoms with Crippen molar-refractivity contribution < 1.29 is 22.7 Å². The number of nitrogens with one attached hydrogen (secondary N) is 1. The van der Waals surface area contributed by atoms with Crippen LogP contribution in [0.2, 0.25) is 0 Å². The minimum atomic E-state index is -3.52. The summed E-state index contributed by atoms with van der Waals surface area (Å²) in [6.07, 6.45) is 5.77. The molecule has 180 valence electrons. The molecule has 0 saturated carbocycles. The number of sulfonamides is 1. The van der Waals surface area contributed by atoms with Gasteiger partial charge in [-0.1, -0.05) is 18.9 Å². The molecule has 1 N–H and O–H groups in total. The van der Waals surface area contributed by atoms with Crippen LogP contribution in [0.15, 0.2) is 53.6 Å². The minimum Gasteiger partial charge on any atom is -0.454 e. The second-order valence-corrected chi connectivity index (χ2v) is 10.8. The van der Waals surface area contributed by atoms with E-state index in [1.807, 2.05) is 42.0 Å². The third-order valence-corrected chi connectivity index (χ3v) is 8.49.